The highest BCUT2D eigenvalue weighted by molar-refractivity contribution is 5.34. The molecule has 23 heavy (non-hydrogen) atoms. The largest absolute Gasteiger partial charge is 0.339 e. The quantitative estimate of drug-likeness (QED) is 0.882. The fraction of sp³-hybridized carbons (Fsp3) is 0.400. The Balaban J connectivity index is 1.96. The van der Waals surface area contributed by atoms with Crippen molar-refractivity contribution in [1.82, 2.24) is 5.32 Å². The number of likely N-dealkylation sites (N-methyl/N-ethyl adjacent to an activating group) is 1. The van der Waals surface area contributed by atoms with Crippen molar-refractivity contribution in [2.75, 3.05) is 13.7 Å². The molecule has 3 rings (SSSR count). The number of rotatable bonds is 6. The van der Waals surface area contributed by atoms with Crippen LogP contribution < -0.4 is 5.32 Å². The standard InChI is InChI=1S/C20H25NO2/c1-3-10-18(21-2)19-15-22-20(23-19,16-11-6-4-7-12-16)17-13-8-5-9-14-17/h4-9,11-14,18-19,21H,3,10,15H2,1-2H3/t18-,19+/m0/s1. The zero-order valence-corrected chi connectivity index (χ0v) is 13.9. The van der Waals surface area contributed by atoms with Gasteiger partial charge in [-0.3, -0.25) is 0 Å². The first-order valence-corrected chi connectivity index (χ1v) is 8.40. The summed E-state index contributed by atoms with van der Waals surface area (Å²) in [5.74, 6) is -0.809. The predicted molar refractivity (Wildman–Crippen MR) is 92.2 cm³/mol. The molecular weight excluding hydrogens is 286 g/mol. The molecule has 1 saturated heterocycles. The van der Waals surface area contributed by atoms with E-state index in [0.717, 1.165) is 24.0 Å². The van der Waals surface area contributed by atoms with Crippen LogP contribution in [-0.2, 0) is 15.3 Å². The van der Waals surface area contributed by atoms with Crippen LogP contribution >= 0.6 is 0 Å². The van der Waals surface area contributed by atoms with E-state index in [9.17, 15) is 0 Å². The number of benzene rings is 2. The van der Waals surface area contributed by atoms with Crippen molar-refractivity contribution in [3.05, 3.63) is 71.8 Å². The number of hydrogen-bond acceptors (Lipinski definition) is 3. The van der Waals surface area contributed by atoms with Crippen LogP contribution in [0.5, 0.6) is 0 Å². The minimum Gasteiger partial charge on any atom is -0.339 e. The van der Waals surface area contributed by atoms with Crippen molar-refractivity contribution in [2.45, 2.75) is 37.7 Å². The van der Waals surface area contributed by atoms with Crippen LogP contribution in [0.1, 0.15) is 30.9 Å². The maximum Gasteiger partial charge on any atom is 0.222 e. The summed E-state index contributed by atoms with van der Waals surface area (Å²) in [6.07, 6.45) is 2.24. The second-order valence-electron chi connectivity index (χ2n) is 6.00. The molecular formula is C20H25NO2. The molecule has 1 N–H and O–H groups in total. The van der Waals surface area contributed by atoms with Crippen molar-refractivity contribution < 1.29 is 9.47 Å². The molecule has 0 unspecified atom stereocenters. The lowest BCUT2D eigenvalue weighted by Gasteiger charge is -2.30. The van der Waals surface area contributed by atoms with Crippen molar-refractivity contribution in [2.24, 2.45) is 0 Å². The number of hydrogen-bond donors (Lipinski definition) is 1. The highest BCUT2D eigenvalue weighted by Crippen LogP contribution is 2.41. The maximum absolute atomic E-state index is 6.54. The fourth-order valence-corrected chi connectivity index (χ4v) is 3.29. The molecule has 122 valence electrons. The zero-order valence-electron chi connectivity index (χ0n) is 13.9. The third kappa shape index (κ3) is 3.18. The van der Waals surface area contributed by atoms with Crippen LogP contribution in [0.4, 0.5) is 0 Å². The smallest absolute Gasteiger partial charge is 0.222 e. The van der Waals surface area contributed by atoms with Gasteiger partial charge in [-0.15, -0.1) is 0 Å². The van der Waals surface area contributed by atoms with E-state index in [0.29, 0.717) is 12.6 Å². The predicted octanol–water partition coefficient (Wildman–Crippen LogP) is 3.69. The highest BCUT2D eigenvalue weighted by Gasteiger charge is 2.46. The molecule has 0 saturated carbocycles. The van der Waals surface area contributed by atoms with Gasteiger partial charge in [-0.1, -0.05) is 74.0 Å². The minimum absolute atomic E-state index is 0.0420. The molecule has 2 aromatic rings. The summed E-state index contributed by atoms with van der Waals surface area (Å²) in [5, 5.41) is 3.38. The molecule has 1 fully saturated rings. The van der Waals surface area contributed by atoms with Crippen molar-refractivity contribution in [1.29, 1.82) is 0 Å². The van der Waals surface area contributed by atoms with Gasteiger partial charge in [-0.25, -0.2) is 0 Å². The molecule has 0 aromatic heterocycles. The van der Waals surface area contributed by atoms with Gasteiger partial charge < -0.3 is 14.8 Å². The average molecular weight is 311 g/mol. The molecule has 0 bridgehead atoms. The fourth-order valence-electron chi connectivity index (χ4n) is 3.29. The summed E-state index contributed by atoms with van der Waals surface area (Å²) >= 11 is 0. The van der Waals surface area contributed by atoms with Crippen molar-refractivity contribution in [3.8, 4) is 0 Å². The Bertz CT molecular complexity index is 560. The maximum atomic E-state index is 6.54. The number of nitrogens with one attached hydrogen (secondary N) is 1. The second-order valence-corrected chi connectivity index (χ2v) is 6.00. The van der Waals surface area contributed by atoms with Crippen LogP contribution in [0.25, 0.3) is 0 Å². The van der Waals surface area contributed by atoms with E-state index in [1.54, 1.807) is 0 Å². The summed E-state index contributed by atoms with van der Waals surface area (Å²) in [5.41, 5.74) is 2.08. The van der Waals surface area contributed by atoms with Gasteiger partial charge >= 0.3 is 0 Å². The van der Waals surface area contributed by atoms with E-state index >= 15 is 0 Å². The molecule has 2 atom stereocenters. The van der Waals surface area contributed by atoms with Gasteiger partial charge in [-0.2, -0.15) is 0 Å². The Labute approximate surface area is 138 Å². The van der Waals surface area contributed by atoms with Gasteiger partial charge in [0.25, 0.3) is 0 Å². The molecule has 1 aliphatic heterocycles. The summed E-state index contributed by atoms with van der Waals surface area (Å²) in [7, 11) is 1.99. The first-order chi connectivity index (χ1) is 11.3. The van der Waals surface area contributed by atoms with E-state index in [-0.39, 0.29) is 6.10 Å². The third-order valence-corrected chi connectivity index (χ3v) is 4.50. The Morgan fingerprint density at radius 1 is 1.04 bits per heavy atom. The van der Waals surface area contributed by atoms with Crippen LogP contribution in [-0.4, -0.2) is 25.8 Å². The molecule has 0 spiro atoms. The minimum atomic E-state index is -0.809. The van der Waals surface area contributed by atoms with E-state index in [4.69, 9.17) is 9.47 Å². The molecule has 3 nitrogen and oxygen atoms in total. The second kappa shape index (κ2) is 7.26. The van der Waals surface area contributed by atoms with E-state index in [1.165, 1.54) is 0 Å². The molecule has 0 amide bonds. The van der Waals surface area contributed by atoms with Crippen molar-refractivity contribution >= 4 is 0 Å². The lowest BCUT2D eigenvalue weighted by Crippen LogP contribution is -2.40. The molecule has 3 heteroatoms. The Morgan fingerprint density at radius 3 is 2.09 bits per heavy atom. The molecule has 0 aliphatic carbocycles. The van der Waals surface area contributed by atoms with Gasteiger partial charge in [0.05, 0.1) is 6.61 Å². The summed E-state index contributed by atoms with van der Waals surface area (Å²) in [6.45, 7) is 2.79. The van der Waals surface area contributed by atoms with Crippen molar-refractivity contribution in [3.63, 3.8) is 0 Å². The van der Waals surface area contributed by atoms with Crippen LogP contribution in [0.3, 0.4) is 0 Å². The lowest BCUT2D eigenvalue weighted by atomic mass is 9.97. The van der Waals surface area contributed by atoms with Gasteiger partial charge in [0.1, 0.15) is 6.10 Å². The monoisotopic (exact) mass is 311 g/mol. The first kappa shape index (κ1) is 16.2. The highest BCUT2D eigenvalue weighted by atomic mass is 16.7. The van der Waals surface area contributed by atoms with Gasteiger partial charge in [0.15, 0.2) is 0 Å². The normalized spacial score (nSPS) is 21.2. The summed E-state index contributed by atoms with van der Waals surface area (Å²) in [4.78, 5) is 0. The SMILES string of the molecule is CCC[C@H](NC)[C@H]1COC(c2ccccc2)(c2ccccc2)O1. The zero-order chi connectivity index (χ0) is 16.1. The molecule has 1 heterocycles. The van der Waals surface area contributed by atoms with Gasteiger partial charge in [-0.05, 0) is 13.5 Å². The van der Waals surface area contributed by atoms with Gasteiger partial charge in [0.2, 0.25) is 5.79 Å². The first-order valence-electron chi connectivity index (χ1n) is 8.40. The van der Waals surface area contributed by atoms with Crippen LogP contribution in [0.2, 0.25) is 0 Å². The van der Waals surface area contributed by atoms with Crippen LogP contribution in [0, 0.1) is 0 Å². The van der Waals surface area contributed by atoms with E-state index < -0.39 is 5.79 Å². The summed E-state index contributed by atoms with van der Waals surface area (Å²) in [6, 6.07) is 20.7. The Kier molecular flexibility index (Phi) is 5.11. The Morgan fingerprint density at radius 2 is 1.61 bits per heavy atom. The molecule has 2 aromatic carbocycles. The van der Waals surface area contributed by atoms with Gasteiger partial charge in [0, 0.05) is 17.2 Å². The third-order valence-electron chi connectivity index (χ3n) is 4.50. The van der Waals surface area contributed by atoms with Crippen LogP contribution in [0.15, 0.2) is 60.7 Å². The number of ether oxygens (including phenoxy) is 2. The molecule has 1 aliphatic rings. The Hall–Kier alpha value is -1.68. The lowest BCUT2D eigenvalue weighted by molar-refractivity contribution is -0.146. The summed E-state index contributed by atoms with van der Waals surface area (Å²) < 4.78 is 12.8. The van der Waals surface area contributed by atoms with E-state index in [1.807, 2.05) is 43.4 Å². The van der Waals surface area contributed by atoms with E-state index in [2.05, 4.69) is 36.5 Å². The topological polar surface area (TPSA) is 30.5 Å². The average Bonchev–Trinajstić information content (AvgIpc) is 3.07. The molecule has 0 radical (unpaired) electrons.